The molecular weight excluding hydrogens is 506 g/mol. The lowest BCUT2D eigenvalue weighted by Crippen LogP contribution is -2.53. The van der Waals surface area contributed by atoms with Crippen LogP contribution in [0.2, 0.25) is 0 Å². The molecule has 2 amide bonds. The number of hydrogen-bond acceptors (Lipinski definition) is 4. The molecule has 9 heteroatoms. The summed E-state index contributed by atoms with van der Waals surface area (Å²) in [5.41, 5.74) is 2.27. The van der Waals surface area contributed by atoms with E-state index in [9.17, 15) is 18.0 Å². The second kappa shape index (κ2) is 11.7. The van der Waals surface area contributed by atoms with E-state index in [4.69, 9.17) is 0 Å². The highest BCUT2D eigenvalue weighted by atomic mass is 79.9. The van der Waals surface area contributed by atoms with Crippen LogP contribution in [0.4, 0.5) is 5.69 Å². The van der Waals surface area contributed by atoms with Gasteiger partial charge in [-0.25, -0.2) is 8.42 Å². The number of nitrogens with zero attached hydrogens (tertiary/aromatic N) is 2. The van der Waals surface area contributed by atoms with Gasteiger partial charge in [-0.05, 0) is 51.0 Å². The smallest absolute Gasteiger partial charge is 0.244 e. The molecule has 0 aliphatic rings. The average molecular weight is 539 g/mol. The maximum atomic E-state index is 13.6. The van der Waals surface area contributed by atoms with E-state index in [0.717, 1.165) is 21.7 Å². The standard InChI is InChI=1S/C24H32BrN3O4S/c1-6-22(24(30)26-17(2)3)27(15-19-10-7-9-18(4)13-19)23(29)16-28(33(5,31)32)21-12-8-11-20(25)14-21/h7-14,17,22H,6,15-16H2,1-5H3,(H,26,30)/t22-/m1/s1. The monoisotopic (exact) mass is 537 g/mol. The van der Waals surface area contributed by atoms with Crippen LogP contribution in [0.15, 0.2) is 53.0 Å². The Balaban J connectivity index is 2.44. The Morgan fingerprint density at radius 3 is 2.30 bits per heavy atom. The van der Waals surface area contributed by atoms with Gasteiger partial charge < -0.3 is 10.2 Å². The first-order valence-corrected chi connectivity index (χ1v) is 13.4. The highest BCUT2D eigenvalue weighted by Crippen LogP contribution is 2.23. The third-order valence-electron chi connectivity index (χ3n) is 5.03. The van der Waals surface area contributed by atoms with Crippen LogP contribution in [0, 0.1) is 6.92 Å². The minimum absolute atomic E-state index is 0.0864. The number of nitrogens with one attached hydrogen (secondary N) is 1. The van der Waals surface area contributed by atoms with Gasteiger partial charge in [0.2, 0.25) is 21.8 Å². The number of hydrogen-bond donors (Lipinski definition) is 1. The molecule has 1 atom stereocenters. The minimum atomic E-state index is -3.75. The summed E-state index contributed by atoms with van der Waals surface area (Å²) in [7, 11) is -3.75. The van der Waals surface area contributed by atoms with E-state index in [-0.39, 0.29) is 18.5 Å². The zero-order valence-electron chi connectivity index (χ0n) is 19.7. The molecule has 0 aliphatic carbocycles. The third-order valence-corrected chi connectivity index (χ3v) is 6.66. The van der Waals surface area contributed by atoms with Crippen molar-refractivity contribution in [3.05, 3.63) is 64.1 Å². The van der Waals surface area contributed by atoms with Crippen LogP contribution in [0.5, 0.6) is 0 Å². The second-order valence-electron chi connectivity index (χ2n) is 8.35. The Labute approximate surface area is 205 Å². The molecule has 0 unspecified atom stereocenters. The summed E-state index contributed by atoms with van der Waals surface area (Å²) >= 11 is 3.35. The summed E-state index contributed by atoms with van der Waals surface area (Å²) in [6.07, 6.45) is 1.46. The quantitative estimate of drug-likeness (QED) is 0.498. The first-order chi connectivity index (χ1) is 15.4. The number of anilines is 1. The molecule has 0 saturated carbocycles. The van der Waals surface area contributed by atoms with Gasteiger partial charge in [-0.15, -0.1) is 0 Å². The van der Waals surface area contributed by atoms with Gasteiger partial charge in [-0.1, -0.05) is 58.7 Å². The largest absolute Gasteiger partial charge is 0.352 e. The molecule has 0 bridgehead atoms. The molecule has 2 aromatic rings. The van der Waals surface area contributed by atoms with Crippen molar-refractivity contribution in [3.8, 4) is 0 Å². The molecule has 0 heterocycles. The number of carbonyl (C=O) groups is 2. The van der Waals surface area contributed by atoms with E-state index >= 15 is 0 Å². The second-order valence-corrected chi connectivity index (χ2v) is 11.2. The summed E-state index contributed by atoms with van der Waals surface area (Å²) in [6, 6.07) is 13.6. The van der Waals surface area contributed by atoms with Crippen molar-refractivity contribution < 1.29 is 18.0 Å². The first-order valence-electron chi connectivity index (χ1n) is 10.8. The predicted octanol–water partition coefficient (Wildman–Crippen LogP) is 3.86. The summed E-state index contributed by atoms with van der Waals surface area (Å²) in [6.45, 7) is 7.29. The van der Waals surface area contributed by atoms with Crippen molar-refractivity contribution in [2.45, 2.75) is 52.7 Å². The maximum absolute atomic E-state index is 13.6. The Morgan fingerprint density at radius 2 is 1.76 bits per heavy atom. The van der Waals surface area contributed by atoms with E-state index < -0.39 is 28.5 Å². The molecule has 2 aromatic carbocycles. The number of carbonyl (C=O) groups excluding carboxylic acids is 2. The Morgan fingerprint density at radius 1 is 1.09 bits per heavy atom. The van der Waals surface area contributed by atoms with Gasteiger partial charge in [0.1, 0.15) is 12.6 Å². The lowest BCUT2D eigenvalue weighted by Gasteiger charge is -2.33. The molecule has 0 aromatic heterocycles. The van der Waals surface area contributed by atoms with E-state index in [1.165, 1.54) is 4.90 Å². The molecule has 33 heavy (non-hydrogen) atoms. The number of rotatable bonds is 10. The lowest BCUT2D eigenvalue weighted by molar-refractivity contribution is -0.140. The van der Waals surface area contributed by atoms with Crippen molar-refractivity contribution in [1.82, 2.24) is 10.2 Å². The van der Waals surface area contributed by atoms with E-state index in [1.54, 1.807) is 24.3 Å². The first kappa shape index (κ1) is 26.9. The number of aryl methyl sites for hydroxylation is 1. The van der Waals surface area contributed by atoms with Crippen molar-refractivity contribution in [1.29, 1.82) is 0 Å². The topological polar surface area (TPSA) is 86.8 Å². The van der Waals surface area contributed by atoms with Gasteiger partial charge >= 0.3 is 0 Å². The number of benzene rings is 2. The molecule has 0 saturated heterocycles. The van der Waals surface area contributed by atoms with Crippen molar-refractivity contribution in [3.63, 3.8) is 0 Å². The zero-order chi connectivity index (χ0) is 24.8. The molecule has 0 spiro atoms. The molecule has 0 aliphatic heterocycles. The van der Waals surface area contributed by atoms with E-state index in [1.807, 2.05) is 52.0 Å². The van der Waals surface area contributed by atoms with E-state index in [2.05, 4.69) is 21.2 Å². The van der Waals surface area contributed by atoms with Crippen molar-refractivity contribution in [2.75, 3.05) is 17.1 Å². The Kier molecular flexibility index (Phi) is 9.48. The molecule has 0 radical (unpaired) electrons. The van der Waals surface area contributed by atoms with Crippen LogP contribution in [0.25, 0.3) is 0 Å². The fourth-order valence-electron chi connectivity index (χ4n) is 3.55. The molecule has 1 N–H and O–H groups in total. The van der Waals surface area contributed by atoms with Crippen molar-refractivity contribution >= 4 is 43.5 Å². The maximum Gasteiger partial charge on any atom is 0.244 e. The van der Waals surface area contributed by atoms with Crippen LogP contribution < -0.4 is 9.62 Å². The minimum Gasteiger partial charge on any atom is -0.352 e. The predicted molar refractivity (Wildman–Crippen MR) is 135 cm³/mol. The van der Waals surface area contributed by atoms with Crippen LogP contribution in [-0.4, -0.2) is 50.0 Å². The summed E-state index contributed by atoms with van der Waals surface area (Å²) in [4.78, 5) is 28.0. The van der Waals surface area contributed by atoms with Gasteiger partial charge in [-0.3, -0.25) is 13.9 Å². The van der Waals surface area contributed by atoms with Gasteiger partial charge in [0.15, 0.2) is 0 Å². The van der Waals surface area contributed by atoms with Gasteiger partial charge in [-0.2, -0.15) is 0 Å². The Hall–Kier alpha value is -2.39. The van der Waals surface area contributed by atoms with Crippen LogP contribution in [0.1, 0.15) is 38.3 Å². The fraction of sp³-hybridized carbons (Fsp3) is 0.417. The molecule has 0 fully saturated rings. The normalized spacial score (nSPS) is 12.3. The zero-order valence-corrected chi connectivity index (χ0v) is 22.1. The summed E-state index contributed by atoms with van der Waals surface area (Å²) in [5, 5.41) is 2.88. The van der Waals surface area contributed by atoms with E-state index in [0.29, 0.717) is 16.6 Å². The summed E-state index contributed by atoms with van der Waals surface area (Å²) in [5.74, 6) is -0.713. The number of sulfonamides is 1. The SMILES string of the molecule is CC[C@H](C(=O)NC(C)C)N(Cc1cccc(C)c1)C(=O)CN(c1cccc(Br)c1)S(C)(=O)=O. The van der Waals surface area contributed by atoms with Gasteiger partial charge in [0.25, 0.3) is 0 Å². The van der Waals surface area contributed by atoms with Crippen LogP contribution >= 0.6 is 15.9 Å². The number of halogens is 1. The highest BCUT2D eigenvalue weighted by Gasteiger charge is 2.32. The van der Waals surface area contributed by atoms with Crippen molar-refractivity contribution in [2.24, 2.45) is 0 Å². The van der Waals surface area contributed by atoms with Gasteiger partial charge in [0, 0.05) is 17.1 Å². The molecular formula is C24H32BrN3O4S. The molecule has 180 valence electrons. The van der Waals surface area contributed by atoms with Gasteiger partial charge in [0.05, 0.1) is 11.9 Å². The Bertz CT molecular complexity index is 1090. The average Bonchev–Trinajstić information content (AvgIpc) is 2.70. The summed E-state index contributed by atoms with van der Waals surface area (Å²) < 4.78 is 26.9. The number of amides is 2. The fourth-order valence-corrected chi connectivity index (χ4v) is 4.78. The third kappa shape index (κ3) is 7.85. The van der Waals surface area contributed by atoms with Crippen LogP contribution in [0.3, 0.4) is 0 Å². The van der Waals surface area contributed by atoms with Crippen LogP contribution in [-0.2, 0) is 26.2 Å². The lowest BCUT2D eigenvalue weighted by atomic mass is 10.1. The molecule has 7 nitrogen and oxygen atoms in total. The highest BCUT2D eigenvalue weighted by molar-refractivity contribution is 9.10. The molecule has 2 rings (SSSR count).